The molecule has 0 atom stereocenters. The molecule has 0 fully saturated rings. The van der Waals surface area contributed by atoms with E-state index in [0.717, 1.165) is 17.8 Å². The minimum atomic E-state index is -0.407. The molecule has 0 heterocycles. The van der Waals surface area contributed by atoms with Crippen LogP contribution in [0.15, 0.2) is 43.0 Å². The van der Waals surface area contributed by atoms with E-state index >= 15 is 0 Å². The van der Waals surface area contributed by atoms with E-state index < -0.39 is 14.1 Å². The van der Waals surface area contributed by atoms with Crippen LogP contribution in [0.3, 0.4) is 0 Å². The topological polar surface area (TPSA) is 0 Å². The maximum Gasteiger partial charge on any atom is 0.262 e. The molecule has 2 rings (SSSR count). The molecule has 146 valence electrons. The molecule has 0 radical (unpaired) electrons. The van der Waals surface area contributed by atoms with E-state index in [1.54, 1.807) is 22.4 Å². The molecule has 0 aliphatic heterocycles. The predicted molar refractivity (Wildman–Crippen MR) is 108 cm³/mol. The van der Waals surface area contributed by atoms with Crippen LogP contribution < -0.4 is 24.8 Å². The van der Waals surface area contributed by atoms with E-state index in [-0.39, 0.29) is 48.0 Å². The summed E-state index contributed by atoms with van der Waals surface area (Å²) >= 11 is -0.719. The van der Waals surface area contributed by atoms with Gasteiger partial charge in [0.15, 0.2) is 0 Å². The van der Waals surface area contributed by atoms with Crippen LogP contribution in [-0.2, 0) is 23.2 Å². The van der Waals surface area contributed by atoms with Crippen LogP contribution in [0.1, 0.15) is 54.4 Å². The van der Waals surface area contributed by atoms with E-state index in [4.69, 9.17) is 0 Å². The van der Waals surface area contributed by atoms with Gasteiger partial charge >= 0.3 is 79.1 Å². The number of halogens is 2. The molecule has 0 nitrogen and oxygen atoms in total. The zero-order valence-corrected chi connectivity index (χ0v) is 22.7. The summed E-state index contributed by atoms with van der Waals surface area (Å²) in [6.45, 7) is 14.3. The Hall–Kier alpha value is 0.956. The zero-order valence-electron chi connectivity index (χ0n) is 17.6. The van der Waals surface area contributed by atoms with Gasteiger partial charge in [-0.3, -0.25) is 0 Å². The van der Waals surface area contributed by atoms with Crippen molar-refractivity contribution >= 4 is 14.1 Å². The number of hydrogen-bond acceptors (Lipinski definition) is 0. The monoisotopic (exact) mass is 488 g/mol. The van der Waals surface area contributed by atoms with Gasteiger partial charge in [0.2, 0.25) is 0 Å². The summed E-state index contributed by atoms with van der Waals surface area (Å²) in [5, 5.41) is 4.66. The van der Waals surface area contributed by atoms with Crippen LogP contribution in [0.2, 0.25) is 15.8 Å². The van der Waals surface area contributed by atoms with Crippen LogP contribution in [0.4, 0.5) is 0 Å². The quantitative estimate of drug-likeness (QED) is 0.449. The summed E-state index contributed by atoms with van der Waals surface area (Å²) in [5.74, 6) is 2.78. The van der Waals surface area contributed by atoms with Gasteiger partial charge in [0, 0.05) is 0 Å². The molecule has 0 saturated heterocycles. The Morgan fingerprint density at radius 2 is 1.08 bits per heavy atom. The van der Waals surface area contributed by atoms with Crippen molar-refractivity contribution in [1.82, 2.24) is 0 Å². The standard InChI is InChI=1S/2C5H5.3C4H9.Al.2ClH.Zr/c2*1-2-4-5-3-1;3*1-4(2)3;;;;/h2*1-3H,4H2;3*4H,1H2,2-3H3;;2*1H;/q;;;;;;;;+2/p-2. The molecule has 0 bridgehead atoms. The minimum Gasteiger partial charge on any atom is -1.00 e. The number of hydrogen-bond donors (Lipinski definition) is 0. The first-order valence-electron chi connectivity index (χ1n) is 9.85. The van der Waals surface area contributed by atoms with Crippen LogP contribution in [-0.4, -0.2) is 14.1 Å². The van der Waals surface area contributed by atoms with Crippen LogP contribution in [0.25, 0.3) is 0 Å². The molecule has 0 aromatic carbocycles. The molecule has 0 spiro atoms. The molecule has 0 saturated carbocycles. The van der Waals surface area contributed by atoms with E-state index in [2.05, 4.69) is 78.0 Å². The Labute approximate surface area is 191 Å². The van der Waals surface area contributed by atoms with Crippen molar-refractivity contribution in [2.24, 2.45) is 17.8 Å². The van der Waals surface area contributed by atoms with E-state index in [0.29, 0.717) is 0 Å². The van der Waals surface area contributed by atoms with Crippen molar-refractivity contribution in [1.29, 1.82) is 0 Å². The first-order valence-corrected chi connectivity index (χ1v) is 14.8. The second-order valence-corrected chi connectivity index (χ2v) is 15.4. The molecule has 0 N–H and O–H groups in total. The molecular weight excluding hydrogens is 453 g/mol. The summed E-state index contributed by atoms with van der Waals surface area (Å²) < 4.78 is 3.45. The molecule has 0 unspecified atom stereocenters. The van der Waals surface area contributed by atoms with E-state index in [1.807, 2.05) is 0 Å². The normalized spacial score (nSPS) is 14.3. The second-order valence-electron chi connectivity index (χ2n) is 8.53. The van der Waals surface area contributed by atoms with E-state index in [9.17, 15) is 0 Å². The van der Waals surface area contributed by atoms with Gasteiger partial charge in [0.25, 0.3) is 14.1 Å². The molecule has 2 aliphatic rings. The van der Waals surface area contributed by atoms with Gasteiger partial charge in [-0.25, -0.2) is 0 Å². The third-order valence-corrected chi connectivity index (χ3v) is 12.5. The van der Waals surface area contributed by atoms with Crippen molar-refractivity contribution in [2.45, 2.75) is 70.2 Å². The largest absolute Gasteiger partial charge is 1.00 e. The number of allylic oxidation sites excluding steroid dienone is 8. The van der Waals surface area contributed by atoms with Crippen molar-refractivity contribution in [3.63, 3.8) is 0 Å². The molecule has 0 aromatic heterocycles. The average Bonchev–Trinajstić information content (AvgIpc) is 3.11. The van der Waals surface area contributed by atoms with Gasteiger partial charge in [-0.05, 0) is 0 Å². The fourth-order valence-corrected chi connectivity index (χ4v) is 11.1. The number of rotatable bonds is 8. The maximum absolute atomic E-state index is 2.38. The van der Waals surface area contributed by atoms with Crippen LogP contribution in [0, 0.1) is 17.8 Å². The minimum absolute atomic E-state index is 0. The molecule has 0 aromatic rings. The molecule has 2 aliphatic carbocycles. The summed E-state index contributed by atoms with van der Waals surface area (Å²) in [6, 6.07) is 0. The summed E-state index contributed by atoms with van der Waals surface area (Å²) in [7, 11) is 0. The zero-order chi connectivity index (χ0) is 17.9. The third kappa shape index (κ3) is 14.9. The Bertz CT molecular complexity index is 425. The second kappa shape index (κ2) is 16.9. The van der Waals surface area contributed by atoms with Gasteiger partial charge in [-0.1, -0.05) is 75.1 Å². The first kappa shape index (κ1) is 29.2. The van der Waals surface area contributed by atoms with Crippen molar-refractivity contribution in [2.75, 3.05) is 0 Å². The Balaban J connectivity index is 0. The fourth-order valence-electron chi connectivity index (χ4n) is 3.57. The van der Waals surface area contributed by atoms with Gasteiger partial charge in [-0.15, -0.1) is 0 Å². The van der Waals surface area contributed by atoms with E-state index in [1.165, 1.54) is 12.8 Å². The molecule has 4 heteroatoms. The smallest absolute Gasteiger partial charge is 0.262 e. The SMILES string of the molecule is C1=CC[C]([Zr+2][C]2=CC=CC2)=C1.CC(C)[CH2][Al]([CH2]C(C)C)[CH2]C(C)C.[Cl-].[Cl-]. The van der Waals surface area contributed by atoms with Gasteiger partial charge in [0.1, 0.15) is 0 Å². The van der Waals surface area contributed by atoms with Gasteiger partial charge in [-0.2, -0.15) is 0 Å². The predicted octanol–water partition coefficient (Wildman–Crippen LogP) is 1.21. The Morgan fingerprint density at radius 3 is 1.31 bits per heavy atom. The van der Waals surface area contributed by atoms with Crippen molar-refractivity contribution in [3.05, 3.63) is 43.0 Å². The van der Waals surface area contributed by atoms with Crippen LogP contribution in [0.5, 0.6) is 0 Å². The van der Waals surface area contributed by atoms with Gasteiger partial charge < -0.3 is 24.8 Å². The average molecular weight is 491 g/mol. The Kier molecular flexibility index (Phi) is 18.9. The fraction of sp³-hybridized carbons (Fsp3) is 0.636. The first-order chi connectivity index (χ1) is 11.4. The molecule has 0 amide bonds. The summed E-state index contributed by atoms with van der Waals surface area (Å²) in [6.07, 6.45) is 16.0. The van der Waals surface area contributed by atoms with Crippen molar-refractivity contribution < 1.29 is 48.0 Å². The maximum atomic E-state index is 2.38. The molecular formula is C22H37AlCl2Zr. The summed E-state index contributed by atoms with van der Waals surface area (Å²) in [5.41, 5.74) is 0. The van der Waals surface area contributed by atoms with Crippen LogP contribution >= 0.6 is 0 Å². The van der Waals surface area contributed by atoms with Crippen molar-refractivity contribution in [3.8, 4) is 0 Å². The summed E-state index contributed by atoms with van der Waals surface area (Å²) in [4.78, 5) is 0. The third-order valence-electron chi connectivity index (χ3n) is 4.28. The van der Waals surface area contributed by atoms with Gasteiger partial charge in [0.05, 0.1) is 0 Å². The Morgan fingerprint density at radius 1 is 0.731 bits per heavy atom. The molecule has 26 heavy (non-hydrogen) atoms.